The number of hydrogen-bond donors (Lipinski definition) is 1. The lowest BCUT2D eigenvalue weighted by atomic mass is 9.82. The van der Waals surface area contributed by atoms with Gasteiger partial charge in [-0.05, 0) is 104 Å². The van der Waals surface area contributed by atoms with E-state index in [-0.39, 0.29) is 12.2 Å². The molecule has 3 aromatic rings. The first-order valence-corrected chi connectivity index (χ1v) is 13.4. The van der Waals surface area contributed by atoms with Crippen LogP contribution in [0, 0.1) is 0 Å². The van der Waals surface area contributed by atoms with Crippen LogP contribution in [-0.4, -0.2) is 24.9 Å². The molecule has 5 heteroatoms. The van der Waals surface area contributed by atoms with E-state index in [4.69, 9.17) is 14.2 Å². The lowest BCUT2D eigenvalue weighted by molar-refractivity contribution is 0.146. The largest absolute Gasteiger partial charge is 0.490 e. The number of rotatable bonds is 8. The predicted molar refractivity (Wildman–Crippen MR) is 143 cm³/mol. The van der Waals surface area contributed by atoms with Gasteiger partial charge in [-0.3, -0.25) is 0 Å². The van der Waals surface area contributed by atoms with Crippen LogP contribution in [0.15, 0.2) is 60.7 Å². The van der Waals surface area contributed by atoms with Gasteiger partial charge in [0, 0.05) is 0 Å². The van der Waals surface area contributed by atoms with Crippen LogP contribution in [0.1, 0.15) is 76.3 Å². The van der Waals surface area contributed by atoms with Crippen molar-refractivity contribution in [1.29, 1.82) is 0 Å². The van der Waals surface area contributed by atoms with E-state index in [9.17, 15) is 4.79 Å². The Labute approximate surface area is 214 Å². The van der Waals surface area contributed by atoms with E-state index < -0.39 is 5.54 Å². The number of hydrogen-bond acceptors (Lipinski definition) is 4. The SMILES string of the molecule is CCC(CC)Oc1ccc(C2CCC(Oc3ccc4cc(C5(C)COC(=O)N5)ccc4c3)CC2)cc1. The van der Waals surface area contributed by atoms with E-state index in [0.29, 0.717) is 18.6 Å². The van der Waals surface area contributed by atoms with Gasteiger partial charge in [0.05, 0.1) is 17.7 Å². The Morgan fingerprint density at radius 2 is 1.58 bits per heavy atom. The van der Waals surface area contributed by atoms with E-state index in [1.165, 1.54) is 5.56 Å². The topological polar surface area (TPSA) is 56.8 Å². The summed E-state index contributed by atoms with van der Waals surface area (Å²) in [6.45, 7) is 6.68. The smallest absolute Gasteiger partial charge is 0.408 e. The lowest BCUT2D eigenvalue weighted by Crippen LogP contribution is -2.37. The number of amides is 1. The van der Waals surface area contributed by atoms with Crippen LogP contribution in [0.3, 0.4) is 0 Å². The summed E-state index contributed by atoms with van der Waals surface area (Å²) in [6.07, 6.45) is 6.66. The third-order valence-electron chi connectivity index (χ3n) is 7.86. The van der Waals surface area contributed by atoms with Crippen molar-refractivity contribution in [2.75, 3.05) is 6.61 Å². The molecule has 5 nitrogen and oxygen atoms in total. The summed E-state index contributed by atoms with van der Waals surface area (Å²) in [6, 6.07) is 21.3. The molecule has 1 unspecified atom stereocenters. The second kappa shape index (κ2) is 10.4. The van der Waals surface area contributed by atoms with Gasteiger partial charge in [-0.2, -0.15) is 0 Å². The van der Waals surface area contributed by atoms with E-state index in [1.807, 2.05) is 6.92 Å². The molecule has 1 heterocycles. The molecule has 1 amide bonds. The Morgan fingerprint density at radius 1 is 0.917 bits per heavy atom. The quantitative estimate of drug-likeness (QED) is 0.358. The highest BCUT2D eigenvalue weighted by Gasteiger charge is 2.36. The van der Waals surface area contributed by atoms with Crippen molar-refractivity contribution in [3.63, 3.8) is 0 Å². The molecule has 0 aromatic heterocycles. The highest BCUT2D eigenvalue weighted by molar-refractivity contribution is 5.85. The van der Waals surface area contributed by atoms with E-state index in [0.717, 1.165) is 66.4 Å². The van der Waals surface area contributed by atoms with E-state index in [2.05, 4.69) is 79.8 Å². The van der Waals surface area contributed by atoms with Gasteiger partial charge < -0.3 is 19.5 Å². The first kappa shape index (κ1) is 24.5. The maximum absolute atomic E-state index is 11.5. The van der Waals surface area contributed by atoms with Crippen molar-refractivity contribution >= 4 is 16.9 Å². The van der Waals surface area contributed by atoms with Gasteiger partial charge in [0.1, 0.15) is 18.1 Å². The number of nitrogens with one attached hydrogen (secondary N) is 1. The van der Waals surface area contributed by atoms with Gasteiger partial charge >= 0.3 is 6.09 Å². The molecule has 0 bridgehead atoms. The van der Waals surface area contributed by atoms with Crippen LogP contribution in [0.4, 0.5) is 4.79 Å². The predicted octanol–water partition coefficient (Wildman–Crippen LogP) is 7.47. The lowest BCUT2D eigenvalue weighted by Gasteiger charge is -2.29. The summed E-state index contributed by atoms with van der Waals surface area (Å²) in [4.78, 5) is 11.5. The molecule has 1 aliphatic heterocycles. The molecule has 1 atom stereocenters. The first-order chi connectivity index (χ1) is 17.5. The minimum Gasteiger partial charge on any atom is -0.490 e. The molecule has 0 spiro atoms. The monoisotopic (exact) mass is 487 g/mol. The van der Waals surface area contributed by atoms with Gasteiger partial charge in [-0.1, -0.05) is 44.2 Å². The maximum Gasteiger partial charge on any atom is 0.408 e. The molecule has 36 heavy (non-hydrogen) atoms. The van der Waals surface area contributed by atoms with Crippen molar-refractivity contribution in [2.45, 2.75) is 83.0 Å². The summed E-state index contributed by atoms with van der Waals surface area (Å²) >= 11 is 0. The third kappa shape index (κ3) is 5.30. The highest BCUT2D eigenvalue weighted by Crippen LogP contribution is 2.36. The maximum atomic E-state index is 11.5. The molecule has 5 rings (SSSR count). The molecule has 1 aliphatic carbocycles. The standard InChI is InChI=1S/C31H37NO4/c1-4-26(5-2)35-27-13-7-21(8-14-27)22-9-15-28(16-10-22)36-29-17-11-23-18-25(12-6-24(23)19-29)31(3)20-34-30(33)32-31/h6-8,11-14,17-19,22,26,28H,4-5,9-10,15-16,20H2,1-3H3,(H,32,33). The normalized spacial score (nSPS) is 23.9. The first-order valence-electron chi connectivity index (χ1n) is 13.4. The van der Waals surface area contributed by atoms with Crippen LogP contribution < -0.4 is 14.8 Å². The Balaban J connectivity index is 1.17. The van der Waals surface area contributed by atoms with Crippen LogP contribution in [-0.2, 0) is 10.3 Å². The zero-order valence-corrected chi connectivity index (χ0v) is 21.6. The molecule has 0 radical (unpaired) electrons. The molecule has 190 valence electrons. The number of fused-ring (bicyclic) bond motifs is 1. The van der Waals surface area contributed by atoms with Crippen LogP contribution >= 0.6 is 0 Å². The fourth-order valence-corrected chi connectivity index (χ4v) is 5.48. The average Bonchev–Trinajstić information content (AvgIpc) is 3.27. The van der Waals surface area contributed by atoms with Crippen molar-refractivity contribution in [1.82, 2.24) is 5.32 Å². The summed E-state index contributed by atoms with van der Waals surface area (Å²) in [5, 5.41) is 5.18. The van der Waals surface area contributed by atoms with Crippen LogP contribution in [0.5, 0.6) is 11.5 Å². The Bertz CT molecular complexity index is 1190. The minimum atomic E-state index is -0.486. The number of ether oxygens (including phenoxy) is 3. The summed E-state index contributed by atoms with van der Waals surface area (Å²) in [5.74, 6) is 2.48. The zero-order valence-electron chi connectivity index (χ0n) is 21.6. The molecule has 1 N–H and O–H groups in total. The number of carbonyl (C=O) groups excluding carboxylic acids is 1. The number of carbonyl (C=O) groups is 1. The summed E-state index contributed by atoms with van der Waals surface area (Å²) in [5.41, 5.74) is 1.97. The molecular formula is C31H37NO4. The summed E-state index contributed by atoms with van der Waals surface area (Å²) < 4.78 is 17.6. The highest BCUT2D eigenvalue weighted by atomic mass is 16.6. The molecule has 2 fully saturated rings. The van der Waals surface area contributed by atoms with Gasteiger partial charge in [-0.25, -0.2) is 4.79 Å². The molecule has 1 saturated carbocycles. The zero-order chi connectivity index (χ0) is 25.1. The average molecular weight is 488 g/mol. The van der Waals surface area contributed by atoms with Crippen molar-refractivity contribution in [2.24, 2.45) is 0 Å². The van der Waals surface area contributed by atoms with Crippen LogP contribution in [0.2, 0.25) is 0 Å². The Kier molecular flexibility index (Phi) is 7.08. The molecule has 1 saturated heterocycles. The van der Waals surface area contributed by atoms with Gasteiger partial charge in [0.2, 0.25) is 0 Å². The van der Waals surface area contributed by atoms with Gasteiger partial charge in [0.15, 0.2) is 0 Å². The fourth-order valence-electron chi connectivity index (χ4n) is 5.48. The fraction of sp³-hybridized carbons (Fsp3) is 0.452. The van der Waals surface area contributed by atoms with Crippen molar-refractivity contribution in [3.05, 3.63) is 71.8 Å². The number of cyclic esters (lactones) is 1. The summed E-state index contributed by atoms with van der Waals surface area (Å²) in [7, 11) is 0. The Hall–Kier alpha value is -3.21. The van der Waals surface area contributed by atoms with E-state index in [1.54, 1.807) is 0 Å². The number of alkyl carbamates (subject to hydrolysis) is 1. The van der Waals surface area contributed by atoms with Crippen LogP contribution in [0.25, 0.3) is 10.8 Å². The molecule has 3 aromatic carbocycles. The van der Waals surface area contributed by atoms with Gasteiger partial charge in [0.25, 0.3) is 0 Å². The number of benzene rings is 3. The molecular weight excluding hydrogens is 450 g/mol. The molecule has 2 aliphatic rings. The Morgan fingerprint density at radius 3 is 2.25 bits per heavy atom. The van der Waals surface area contributed by atoms with Crippen molar-refractivity contribution < 1.29 is 19.0 Å². The van der Waals surface area contributed by atoms with Gasteiger partial charge in [-0.15, -0.1) is 0 Å². The van der Waals surface area contributed by atoms with Crippen molar-refractivity contribution in [3.8, 4) is 11.5 Å². The second-order valence-corrected chi connectivity index (χ2v) is 10.5. The third-order valence-corrected chi connectivity index (χ3v) is 7.86. The minimum absolute atomic E-state index is 0.250. The second-order valence-electron chi connectivity index (χ2n) is 10.5. The van der Waals surface area contributed by atoms with E-state index >= 15 is 0 Å².